The molecule has 0 radical (unpaired) electrons. The number of phenols is 1. The van der Waals surface area contributed by atoms with Gasteiger partial charge in [0.25, 0.3) is 0 Å². The third-order valence-electron chi connectivity index (χ3n) is 1.83. The highest BCUT2D eigenvalue weighted by Gasteiger charge is 2.09. The van der Waals surface area contributed by atoms with Crippen LogP contribution in [0.3, 0.4) is 0 Å². The smallest absolute Gasteiger partial charge is 0.121 e. The summed E-state index contributed by atoms with van der Waals surface area (Å²) >= 11 is 3.23. The molecule has 0 fully saturated rings. The molecule has 0 aliphatic heterocycles. The van der Waals surface area contributed by atoms with Gasteiger partial charge in [-0.3, -0.25) is 0 Å². The van der Waals surface area contributed by atoms with E-state index in [0.717, 1.165) is 4.47 Å². The largest absolute Gasteiger partial charge is 0.508 e. The van der Waals surface area contributed by atoms with Crippen molar-refractivity contribution < 1.29 is 10.2 Å². The Morgan fingerprint density at radius 3 is 2.57 bits per heavy atom. The number of benzene rings is 1. The Kier molecular flexibility index (Phi) is 6.11. The fourth-order valence-electron chi connectivity index (χ4n) is 1.12. The van der Waals surface area contributed by atoms with E-state index in [1.54, 1.807) is 12.1 Å². The van der Waals surface area contributed by atoms with Crippen LogP contribution in [-0.4, -0.2) is 16.8 Å². The standard InChI is InChI=1S/C9H12BrNO2.ClH/c10-6-1-2-7(9(13)5-6)8(11)3-4-12;/h1-2,5,8,12-13H,3-4,11H2;1H/t8-;/m1./s1. The van der Waals surface area contributed by atoms with E-state index in [9.17, 15) is 5.11 Å². The summed E-state index contributed by atoms with van der Waals surface area (Å²) in [5, 5.41) is 18.2. The van der Waals surface area contributed by atoms with E-state index < -0.39 is 0 Å². The summed E-state index contributed by atoms with van der Waals surface area (Å²) in [7, 11) is 0. The van der Waals surface area contributed by atoms with Gasteiger partial charge in [-0.1, -0.05) is 22.0 Å². The highest BCUT2D eigenvalue weighted by Crippen LogP contribution is 2.27. The third-order valence-corrected chi connectivity index (χ3v) is 2.33. The van der Waals surface area contributed by atoms with E-state index in [1.807, 2.05) is 6.07 Å². The summed E-state index contributed by atoms with van der Waals surface area (Å²) < 4.78 is 0.810. The van der Waals surface area contributed by atoms with Gasteiger partial charge in [0, 0.05) is 22.7 Å². The molecular weight excluding hydrogens is 269 g/mol. The Hall–Kier alpha value is -0.290. The van der Waals surface area contributed by atoms with Crippen LogP contribution in [0, 0.1) is 0 Å². The van der Waals surface area contributed by atoms with Crippen molar-refractivity contribution in [1.29, 1.82) is 0 Å². The zero-order valence-electron chi connectivity index (χ0n) is 7.48. The van der Waals surface area contributed by atoms with Gasteiger partial charge < -0.3 is 15.9 Å². The maximum absolute atomic E-state index is 9.50. The van der Waals surface area contributed by atoms with Crippen molar-refractivity contribution in [2.75, 3.05) is 6.61 Å². The van der Waals surface area contributed by atoms with Crippen molar-refractivity contribution in [3.8, 4) is 5.75 Å². The molecular formula is C9H13BrClNO2. The van der Waals surface area contributed by atoms with E-state index in [0.29, 0.717) is 12.0 Å². The van der Waals surface area contributed by atoms with Crippen molar-refractivity contribution >= 4 is 28.3 Å². The first kappa shape index (κ1) is 13.7. The zero-order chi connectivity index (χ0) is 9.84. The number of aliphatic hydroxyl groups is 1. The summed E-state index contributed by atoms with van der Waals surface area (Å²) in [4.78, 5) is 0. The molecule has 0 heterocycles. The third kappa shape index (κ3) is 3.46. The van der Waals surface area contributed by atoms with Gasteiger partial charge in [-0.15, -0.1) is 12.4 Å². The van der Waals surface area contributed by atoms with E-state index in [1.165, 1.54) is 0 Å². The number of aromatic hydroxyl groups is 1. The quantitative estimate of drug-likeness (QED) is 0.794. The van der Waals surface area contributed by atoms with Gasteiger partial charge in [0.15, 0.2) is 0 Å². The molecule has 80 valence electrons. The van der Waals surface area contributed by atoms with Gasteiger partial charge in [0.05, 0.1) is 0 Å². The number of rotatable bonds is 3. The van der Waals surface area contributed by atoms with Crippen molar-refractivity contribution in [3.05, 3.63) is 28.2 Å². The van der Waals surface area contributed by atoms with Gasteiger partial charge >= 0.3 is 0 Å². The second-order valence-electron chi connectivity index (χ2n) is 2.82. The van der Waals surface area contributed by atoms with Crippen LogP contribution in [0.1, 0.15) is 18.0 Å². The second kappa shape index (κ2) is 6.24. The molecule has 0 amide bonds. The molecule has 0 aromatic heterocycles. The van der Waals surface area contributed by atoms with Gasteiger partial charge in [-0.2, -0.15) is 0 Å². The molecule has 0 bridgehead atoms. The maximum atomic E-state index is 9.50. The minimum Gasteiger partial charge on any atom is -0.508 e. The molecule has 0 aliphatic carbocycles. The van der Waals surface area contributed by atoms with Crippen LogP contribution in [-0.2, 0) is 0 Å². The summed E-state index contributed by atoms with van der Waals surface area (Å²) in [6.45, 7) is 0.0245. The van der Waals surface area contributed by atoms with Crippen LogP contribution in [0.2, 0.25) is 0 Å². The van der Waals surface area contributed by atoms with Gasteiger partial charge in [0.2, 0.25) is 0 Å². The fourth-order valence-corrected chi connectivity index (χ4v) is 1.47. The summed E-state index contributed by atoms with van der Waals surface area (Å²) in [6, 6.07) is 4.84. The van der Waals surface area contributed by atoms with E-state index in [2.05, 4.69) is 15.9 Å². The van der Waals surface area contributed by atoms with Crippen LogP contribution in [0.4, 0.5) is 0 Å². The van der Waals surface area contributed by atoms with E-state index in [-0.39, 0.29) is 30.8 Å². The average Bonchev–Trinajstić information content (AvgIpc) is 2.04. The predicted molar refractivity (Wildman–Crippen MR) is 61.7 cm³/mol. The minimum atomic E-state index is -0.307. The molecule has 0 aliphatic rings. The summed E-state index contributed by atoms with van der Waals surface area (Å²) in [5.41, 5.74) is 6.39. The monoisotopic (exact) mass is 281 g/mol. The Bertz CT molecular complexity index is 296. The molecule has 0 spiro atoms. The maximum Gasteiger partial charge on any atom is 0.121 e. The van der Waals surface area contributed by atoms with Gasteiger partial charge in [0.1, 0.15) is 5.75 Å². The minimum absolute atomic E-state index is 0. The van der Waals surface area contributed by atoms with E-state index in [4.69, 9.17) is 10.8 Å². The highest BCUT2D eigenvalue weighted by molar-refractivity contribution is 9.10. The topological polar surface area (TPSA) is 66.5 Å². The van der Waals surface area contributed by atoms with Crippen molar-refractivity contribution in [2.24, 2.45) is 5.73 Å². The fraction of sp³-hybridized carbons (Fsp3) is 0.333. The molecule has 1 rings (SSSR count). The van der Waals surface area contributed by atoms with E-state index >= 15 is 0 Å². The summed E-state index contributed by atoms with van der Waals surface area (Å²) in [5.74, 6) is 0.162. The first-order valence-electron chi connectivity index (χ1n) is 4.00. The molecule has 0 saturated heterocycles. The lowest BCUT2D eigenvalue weighted by atomic mass is 10.0. The molecule has 1 atom stereocenters. The number of nitrogens with two attached hydrogens (primary N) is 1. The van der Waals surface area contributed by atoms with Crippen LogP contribution < -0.4 is 5.73 Å². The number of halogens is 2. The SMILES string of the molecule is Cl.N[C@H](CCO)c1ccc(Br)cc1O. The second-order valence-corrected chi connectivity index (χ2v) is 3.74. The number of hydrogen-bond donors (Lipinski definition) is 3. The number of hydrogen-bond acceptors (Lipinski definition) is 3. The molecule has 14 heavy (non-hydrogen) atoms. The molecule has 0 saturated carbocycles. The molecule has 5 heteroatoms. The Morgan fingerprint density at radius 1 is 1.43 bits per heavy atom. The Morgan fingerprint density at radius 2 is 2.07 bits per heavy atom. The normalized spacial score (nSPS) is 11.9. The number of aliphatic hydroxyl groups excluding tert-OH is 1. The van der Waals surface area contributed by atoms with Crippen LogP contribution >= 0.6 is 28.3 Å². The van der Waals surface area contributed by atoms with Crippen LogP contribution in [0.5, 0.6) is 5.75 Å². The predicted octanol–water partition coefficient (Wildman–Crippen LogP) is 1.96. The van der Waals surface area contributed by atoms with Crippen molar-refractivity contribution in [2.45, 2.75) is 12.5 Å². The van der Waals surface area contributed by atoms with Crippen LogP contribution in [0.15, 0.2) is 22.7 Å². The lowest BCUT2D eigenvalue weighted by Crippen LogP contribution is -2.11. The zero-order valence-corrected chi connectivity index (χ0v) is 9.88. The lowest BCUT2D eigenvalue weighted by molar-refractivity contribution is 0.275. The molecule has 4 N–H and O–H groups in total. The molecule has 1 aromatic carbocycles. The summed E-state index contributed by atoms with van der Waals surface area (Å²) in [6.07, 6.45) is 0.454. The van der Waals surface area contributed by atoms with Crippen molar-refractivity contribution in [3.63, 3.8) is 0 Å². The molecule has 1 aromatic rings. The molecule has 3 nitrogen and oxygen atoms in total. The molecule has 0 unspecified atom stereocenters. The lowest BCUT2D eigenvalue weighted by Gasteiger charge is -2.12. The first-order valence-corrected chi connectivity index (χ1v) is 4.79. The first-order chi connectivity index (χ1) is 6.15. The highest BCUT2D eigenvalue weighted by atomic mass is 79.9. The average molecular weight is 283 g/mol. The van der Waals surface area contributed by atoms with Crippen LogP contribution in [0.25, 0.3) is 0 Å². The Labute approximate surface area is 97.5 Å². The Balaban J connectivity index is 0.00000169. The number of phenolic OH excluding ortho intramolecular Hbond substituents is 1. The van der Waals surface area contributed by atoms with Crippen molar-refractivity contribution in [1.82, 2.24) is 0 Å². The van der Waals surface area contributed by atoms with Gasteiger partial charge in [-0.05, 0) is 18.6 Å². The van der Waals surface area contributed by atoms with Gasteiger partial charge in [-0.25, -0.2) is 0 Å².